The van der Waals surface area contributed by atoms with E-state index in [1.54, 1.807) is 30.3 Å². The number of thiazole rings is 1. The van der Waals surface area contributed by atoms with Crippen molar-refractivity contribution in [3.05, 3.63) is 102 Å². The van der Waals surface area contributed by atoms with Crippen molar-refractivity contribution in [3.63, 3.8) is 0 Å². The van der Waals surface area contributed by atoms with Crippen LogP contribution in [0, 0.1) is 12.8 Å². The average Bonchev–Trinajstić information content (AvgIpc) is 3.46. The van der Waals surface area contributed by atoms with Crippen LogP contribution in [0.25, 0.3) is 0 Å². The topological polar surface area (TPSA) is 109 Å². The summed E-state index contributed by atoms with van der Waals surface area (Å²) in [6, 6.07) is 16.2. The number of H-pyrrole nitrogens is 1. The van der Waals surface area contributed by atoms with Crippen LogP contribution in [0.1, 0.15) is 27.5 Å². The third-order valence-electron chi connectivity index (χ3n) is 7.26. The van der Waals surface area contributed by atoms with Crippen LogP contribution in [-0.2, 0) is 20.6 Å². The lowest BCUT2D eigenvalue weighted by Crippen LogP contribution is -2.32. The van der Waals surface area contributed by atoms with Crippen LogP contribution in [0.2, 0.25) is 0 Å². The highest BCUT2D eigenvalue weighted by Crippen LogP contribution is 2.54. The third kappa shape index (κ3) is 5.69. The number of aryl methyl sites for hydroxylation is 1. The summed E-state index contributed by atoms with van der Waals surface area (Å²) in [5.41, 5.74) is 0.904. The van der Waals surface area contributed by atoms with Crippen LogP contribution in [0.5, 0.6) is 5.75 Å². The fourth-order valence-electron chi connectivity index (χ4n) is 5.31. The van der Waals surface area contributed by atoms with Crippen LogP contribution in [-0.4, -0.2) is 34.6 Å². The van der Waals surface area contributed by atoms with Crippen molar-refractivity contribution in [2.24, 2.45) is 5.92 Å². The van der Waals surface area contributed by atoms with Crippen LogP contribution >= 0.6 is 39.0 Å². The minimum Gasteiger partial charge on any atom is -0.483 e. The molecule has 0 radical (unpaired) electrons. The Kier molecular flexibility index (Phi) is 7.92. The van der Waals surface area contributed by atoms with Gasteiger partial charge in [0, 0.05) is 26.5 Å². The van der Waals surface area contributed by atoms with Gasteiger partial charge in [-0.3, -0.25) is 19.2 Å². The van der Waals surface area contributed by atoms with Crippen molar-refractivity contribution >= 4 is 68.1 Å². The fourth-order valence-corrected chi connectivity index (χ4v) is 8.19. The lowest BCUT2D eigenvalue weighted by Gasteiger charge is -2.31. The minimum absolute atomic E-state index is 0.0513. The molecule has 1 aromatic heterocycles. The number of ether oxygens (including phenoxy) is 1. The summed E-state index contributed by atoms with van der Waals surface area (Å²) in [6.07, 6.45) is -4.57. The second-order valence-corrected chi connectivity index (χ2v) is 13.3. The van der Waals surface area contributed by atoms with Gasteiger partial charge in [0.05, 0.1) is 22.2 Å². The second-order valence-electron chi connectivity index (χ2n) is 10.2. The summed E-state index contributed by atoms with van der Waals surface area (Å²) >= 11 is 5.52. The Morgan fingerprint density at radius 1 is 1.05 bits per heavy atom. The summed E-state index contributed by atoms with van der Waals surface area (Å²) in [6.45, 7) is 1.34. The Morgan fingerprint density at radius 2 is 1.80 bits per heavy atom. The predicted molar refractivity (Wildman–Crippen MR) is 163 cm³/mol. The maximum absolute atomic E-state index is 14.0. The van der Waals surface area contributed by atoms with E-state index in [0.717, 1.165) is 40.8 Å². The van der Waals surface area contributed by atoms with Crippen LogP contribution in [0.15, 0.2) is 81.0 Å². The molecule has 6 rings (SSSR count). The number of imide groups is 1. The van der Waals surface area contributed by atoms with Crippen LogP contribution < -0.4 is 19.8 Å². The molecule has 44 heavy (non-hydrogen) atoms. The maximum Gasteiger partial charge on any atom is 0.416 e. The Balaban J connectivity index is 1.33. The van der Waals surface area contributed by atoms with E-state index >= 15 is 0 Å². The molecule has 0 unspecified atom stereocenters. The molecule has 3 aromatic carbocycles. The molecule has 3 atom stereocenters. The number of amides is 3. The number of aromatic amines is 1. The van der Waals surface area contributed by atoms with Gasteiger partial charge in [-0.25, -0.2) is 4.90 Å². The van der Waals surface area contributed by atoms with E-state index in [4.69, 9.17) is 4.74 Å². The number of aromatic nitrogens is 1. The number of fused-ring (bicyclic) bond motifs is 2. The number of halogens is 4. The summed E-state index contributed by atoms with van der Waals surface area (Å²) in [5.74, 6) is -2.99. The standard InChI is InChI=1S/C30H21BrF3N3O5S2/c1-14-5-8-18(9-6-14)37-27(39)23-22(24-26(36-29(41)44-24)43-25(23)28(37)40)19-12-16(31)7-10-20(19)42-13-21(38)35-17-4-2-3-15(11-17)30(32,33)34/h2-12,22-23,25H,13H2,1H3,(H,35,38)(H,36,41)/t22-,23-,25+/m0/s1. The van der Waals surface area contributed by atoms with E-state index in [1.807, 2.05) is 19.1 Å². The van der Waals surface area contributed by atoms with Crippen LogP contribution in [0.4, 0.5) is 24.5 Å². The number of anilines is 2. The van der Waals surface area contributed by atoms with E-state index in [1.165, 1.54) is 17.0 Å². The van der Waals surface area contributed by atoms with Gasteiger partial charge in [-0.2, -0.15) is 13.2 Å². The number of nitrogens with zero attached hydrogens (tertiary/aromatic N) is 1. The van der Waals surface area contributed by atoms with Gasteiger partial charge < -0.3 is 15.0 Å². The van der Waals surface area contributed by atoms with Gasteiger partial charge in [-0.05, 0) is 55.5 Å². The monoisotopic (exact) mass is 703 g/mol. The Labute approximate surface area is 264 Å². The fraction of sp³-hybridized carbons (Fsp3) is 0.200. The minimum atomic E-state index is -4.57. The molecule has 226 valence electrons. The number of nitrogens with one attached hydrogen (secondary N) is 2. The first-order valence-corrected chi connectivity index (χ1v) is 15.6. The average molecular weight is 705 g/mol. The number of benzene rings is 3. The summed E-state index contributed by atoms with van der Waals surface area (Å²) in [7, 11) is 0. The second kappa shape index (κ2) is 11.6. The first-order chi connectivity index (χ1) is 20.9. The van der Waals surface area contributed by atoms with Gasteiger partial charge in [-0.15, -0.1) is 0 Å². The number of thioether (sulfide) groups is 1. The van der Waals surface area contributed by atoms with Gasteiger partial charge in [0.25, 0.3) is 5.91 Å². The van der Waals surface area contributed by atoms with E-state index in [9.17, 15) is 32.3 Å². The molecule has 1 saturated heterocycles. The highest BCUT2D eigenvalue weighted by atomic mass is 79.9. The first-order valence-electron chi connectivity index (χ1n) is 13.1. The van der Waals surface area contributed by atoms with Crippen molar-refractivity contribution in [3.8, 4) is 5.75 Å². The summed E-state index contributed by atoms with van der Waals surface area (Å²) in [5, 5.41) is 2.05. The molecule has 0 bridgehead atoms. The van der Waals surface area contributed by atoms with Crippen molar-refractivity contribution in [2.45, 2.75) is 29.3 Å². The Morgan fingerprint density at radius 3 is 2.52 bits per heavy atom. The zero-order valence-corrected chi connectivity index (χ0v) is 25.8. The van der Waals surface area contributed by atoms with Crippen LogP contribution in [0.3, 0.4) is 0 Å². The van der Waals surface area contributed by atoms with Gasteiger partial charge >= 0.3 is 11.0 Å². The molecular formula is C30H21BrF3N3O5S2. The third-order valence-corrected chi connectivity index (χ3v) is 10.1. The van der Waals surface area contributed by atoms with Crippen molar-refractivity contribution in [2.75, 3.05) is 16.8 Å². The van der Waals surface area contributed by atoms with Gasteiger partial charge in [0.2, 0.25) is 11.8 Å². The SMILES string of the molecule is Cc1ccc(N2C(=O)[C@H]3[C@H](c4cc(Br)ccc4OCC(=O)Nc4cccc(C(F)(F)F)c4)c4sc(=O)[nH]c4S[C@H]3C2=O)cc1. The molecule has 0 saturated carbocycles. The molecule has 1 fully saturated rings. The van der Waals surface area contributed by atoms with Gasteiger partial charge in [0.15, 0.2) is 6.61 Å². The molecule has 3 amide bonds. The number of carbonyl (C=O) groups is 3. The molecule has 2 aliphatic rings. The van der Waals surface area contributed by atoms with Gasteiger partial charge in [0.1, 0.15) is 11.0 Å². The number of rotatable bonds is 6. The summed E-state index contributed by atoms with van der Waals surface area (Å²) < 4.78 is 45.8. The smallest absolute Gasteiger partial charge is 0.416 e. The number of hydrogen-bond acceptors (Lipinski definition) is 7. The first kappa shape index (κ1) is 30.2. The lowest BCUT2D eigenvalue weighted by atomic mass is 9.82. The highest BCUT2D eigenvalue weighted by molar-refractivity contribution is 9.10. The highest BCUT2D eigenvalue weighted by Gasteiger charge is 2.56. The molecular weight excluding hydrogens is 683 g/mol. The van der Waals surface area contributed by atoms with E-state index in [2.05, 4.69) is 26.2 Å². The maximum atomic E-state index is 14.0. The quantitative estimate of drug-likeness (QED) is 0.227. The molecule has 2 aliphatic heterocycles. The number of alkyl halides is 3. The van der Waals surface area contributed by atoms with Crippen molar-refractivity contribution in [1.29, 1.82) is 0 Å². The normalized spacial score (nSPS) is 19.5. The molecule has 8 nitrogen and oxygen atoms in total. The van der Waals surface area contributed by atoms with E-state index in [-0.39, 0.29) is 16.3 Å². The Bertz CT molecular complexity index is 1860. The Hall–Kier alpha value is -3.88. The van der Waals surface area contributed by atoms with Gasteiger partial charge in [-0.1, -0.05) is 62.8 Å². The van der Waals surface area contributed by atoms with E-state index < -0.39 is 53.2 Å². The molecule has 0 spiro atoms. The number of hydrogen-bond donors (Lipinski definition) is 2. The van der Waals surface area contributed by atoms with Crippen molar-refractivity contribution < 1.29 is 32.3 Å². The largest absolute Gasteiger partial charge is 0.483 e. The van der Waals surface area contributed by atoms with E-state index in [0.29, 0.717) is 25.6 Å². The molecule has 14 heteroatoms. The predicted octanol–water partition coefficient (Wildman–Crippen LogP) is 6.34. The number of carbonyl (C=O) groups excluding carboxylic acids is 3. The molecule has 0 aliphatic carbocycles. The summed E-state index contributed by atoms with van der Waals surface area (Å²) in [4.78, 5) is 57.1. The molecule has 2 N–H and O–H groups in total. The van der Waals surface area contributed by atoms with Crippen molar-refractivity contribution in [1.82, 2.24) is 4.98 Å². The lowest BCUT2D eigenvalue weighted by molar-refractivity contribution is -0.137. The molecule has 4 aromatic rings. The molecule has 3 heterocycles. The zero-order valence-electron chi connectivity index (χ0n) is 22.6. The zero-order chi connectivity index (χ0) is 31.3.